The van der Waals surface area contributed by atoms with Gasteiger partial charge in [0.1, 0.15) is 5.54 Å². The van der Waals surface area contributed by atoms with Gasteiger partial charge in [-0.15, -0.1) is 0 Å². The van der Waals surface area contributed by atoms with Gasteiger partial charge in [-0.25, -0.2) is 9.59 Å². The second-order valence-electron chi connectivity index (χ2n) is 6.52. The van der Waals surface area contributed by atoms with Crippen LogP contribution in [-0.4, -0.2) is 29.2 Å². The number of nitrogens with one attached hydrogen (secondary N) is 2. The zero-order chi connectivity index (χ0) is 14.8. The van der Waals surface area contributed by atoms with Crippen LogP contribution in [0.4, 0.5) is 4.79 Å². The fourth-order valence-corrected chi connectivity index (χ4v) is 3.42. The lowest BCUT2D eigenvalue weighted by Gasteiger charge is -2.44. The number of urea groups is 1. The maximum absolute atomic E-state index is 12.0. The van der Waals surface area contributed by atoms with E-state index < -0.39 is 11.5 Å². The normalized spacial score (nSPS) is 33.5. The van der Waals surface area contributed by atoms with Crippen molar-refractivity contribution >= 4 is 12.0 Å². The molecular formula is C15H26N2O3. The van der Waals surface area contributed by atoms with Gasteiger partial charge in [-0.05, 0) is 37.0 Å². The van der Waals surface area contributed by atoms with Crippen LogP contribution in [0, 0.1) is 17.8 Å². The Balaban J connectivity index is 1.96. The third-order valence-electron chi connectivity index (χ3n) is 5.04. The van der Waals surface area contributed by atoms with Crippen molar-refractivity contribution in [3.63, 3.8) is 0 Å². The molecule has 0 spiro atoms. The molecule has 2 fully saturated rings. The molecule has 3 N–H and O–H groups in total. The first-order valence-electron chi connectivity index (χ1n) is 7.76. The number of aliphatic carboxylic acids is 1. The minimum absolute atomic E-state index is 0.0436. The van der Waals surface area contributed by atoms with E-state index in [2.05, 4.69) is 10.6 Å². The monoisotopic (exact) mass is 282 g/mol. The van der Waals surface area contributed by atoms with Gasteiger partial charge >= 0.3 is 12.0 Å². The van der Waals surface area contributed by atoms with E-state index in [1.54, 1.807) is 0 Å². The summed E-state index contributed by atoms with van der Waals surface area (Å²) in [4.78, 5) is 23.8. The van der Waals surface area contributed by atoms with Gasteiger partial charge in [-0.2, -0.15) is 0 Å². The van der Waals surface area contributed by atoms with Gasteiger partial charge in [-0.3, -0.25) is 0 Å². The highest BCUT2D eigenvalue weighted by Gasteiger charge is 2.51. The highest BCUT2D eigenvalue weighted by Crippen LogP contribution is 2.38. The third kappa shape index (κ3) is 3.07. The number of hydrogen-bond acceptors (Lipinski definition) is 2. The molecule has 0 aromatic heterocycles. The van der Waals surface area contributed by atoms with Crippen molar-refractivity contribution in [2.75, 3.05) is 6.54 Å². The molecule has 2 aliphatic carbocycles. The lowest BCUT2D eigenvalue weighted by Crippen LogP contribution is -2.65. The molecule has 114 valence electrons. The van der Waals surface area contributed by atoms with Crippen molar-refractivity contribution in [3.8, 4) is 0 Å². The zero-order valence-electron chi connectivity index (χ0n) is 12.4. The summed E-state index contributed by atoms with van der Waals surface area (Å²) in [7, 11) is 0. The Hall–Kier alpha value is -1.26. The van der Waals surface area contributed by atoms with E-state index in [1.807, 2.05) is 13.8 Å². The Morgan fingerprint density at radius 2 is 1.75 bits per heavy atom. The third-order valence-corrected chi connectivity index (χ3v) is 5.04. The van der Waals surface area contributed by atoms with Gasteiger partial charge < -0.3 is 15.7 Å². The number of carbonyl (C=O) groups excluding carboxylic acids is 1. The Kier molecular flexibility index (Phi) is 4.55. The maximum atomic E-state index is 12.0. The maximum Gasteiger partial charge on any atom is 0.330 e. The molecule has 0 radical (unpaired) electrons. The van der Waals surface area contributed by atoms with Crippen LogP contribution in [0.1, 0.15) is 52.4 Å². The van der Waals surface area contributed by atoms with E-state index in [4.69, 9.17) is 0 Å². The van der Waals surface area contributed by atoms with Gasteiger partial charge in [0, 0.05) is 6.54 Å². The van der Waals surface area contributed by atoms with Crippen LogP contribution in [0.2, 0.25) is 0 Å². The van der Waals surface area contributed by atoms with E-state index in [-0.39, 0.29) is 17.9 Å². The average molecular weight is 282 g/mol. The number of hydrogen-bond donors (Lipinski definition) is 3. The summed E-state index contributed by atoms with van der Waals surface area (Å²) < 4.78 is 0. The Morgan fingerprint density at radius 1 is 1.15 bits per heavy atom. The Morgan fingerprint density at radius 3 is 2.25 bits per heavy atom. The molecule has 0 aliphatic heterocycles. The van der Waals surface area contributed by atoms with Gasteiger partial charge in [0.15, 0.2) is 0 Å². The molecule has 0 saturated heterocycles. The molecular weight excluding hydrogens is 256 g/mol. The fraction of sp³-hybridized carbons (Fsp3) is 0.867. The van der Waals surface area contributed by atoms with Crippen LogP contribution in [0.15, 0.2) is 0 Å². The smallest absolute Gasteiger partial charge is 0.330 e. The molecule has 0 aromatic carbocycles. The largest absolute Gasteiger partial charge is 0.479 e. The van der Waals surface area contributed by atoms with Crippen LogP contribution in [0.5, 0.6) is 0 Å². The van der Waals surface area contributed by atoms with Gasteiger partial charge in [0.2, 0.25) is 0 Å². The van der Waals surface area contributed by atoms with Gasteiger partial charge in [0.05, 0.1) is 0 Å². The first kappa shape index (κ1) is 15.1. The van der Waals surface area contributed by atoms with E-state index >= 15 is 0 Å². The molecule has 20 heavy (non-hydrogen) atoms. The van der Waals surface area contributed by atoms with Crippen molar-refractivity contribution in [1.82, 2.24) is 10.6 Å². The second kappa shape index (κ2) is 6.02. The first-order valence-corrected chi connectivity index (χ1v) is 7.76. The predicted molar refractivity (Wildman–Crippen MR) is 76.4 cm³/mol. The van der Waals surface area contributed by atoms with E-state index in [1.165, 1.54) is 12.8 Å². The van der Waals surface area contributed by atoms with Crippen molar-refractivity contribution in [1.29, 1.82) is 0 Å². The molecule has 0 bridgehead atoms. The number of carboxylic acids is 1. The topological polar surface area (TPSA) is 78.4 Å². The van der Waals surface area contributed by atoms with Crippen molar-refractivity contribution in [2.24, 2.45) is 17.8 Å². The first-order chi connectivity index (χ1) is 9.46. The number of rotatable bonds is 5. The molecule has 0 heterocycles. The molecule has 2 amide bonds. The van der Waals surface area contributed by atoms with Crippen molar-refractivity contribution < 1.29 is 14.7 Å². The molecule has 0 aromatic rings. The highest BCUT2D eigenvalue weighted by molar-refractivity contribution is 5.87. The minimum Gasteiger partial charge on any atom is -0.479 e. The second-order valence-corrected chi connectivity index (χ2v) is 6.52. The fourth-order valence-electron chi connectivity index (χ4n) is 3.42. The van der Waals surface area contributed by atoms with Crippen LogP contribution in [0.25, 0.3) is 0 Å². The summed E-state index contributed by atoms with van der Waals surface area (Å²) in [6.07, 6.45) is 6.24. The van der Waals surface area contributed by atoms with E-state index in [0.29, 0.717) is 6.54 Å². The molecule has 2 rings (SSSR count). The standard InChI is InChI=1S/C15H26N2O3/c1-10-4-3-5-11(2)15(10,13(18)19)17-14(20)16-9-8-12-6-7-12/h10-12H,3-9H2,1-2H3,(H,18,19)(H2,16,17,20). The minimum atomic E-state index is -1.12. The van der Waals surface area contributed by atoms with Crippen molar-refractivity contribution in [2.45, 2.75) is 57.9 Å². The zero-order valence-corrected chi connectivity index (χ0v) is 12.4. The van der Waals surface area contributed by atoms with Crippen LogP contribution in [-0.2, 0) is 4.79 Å². The Labute approximate surface area is 120 Å². The molecule has 2 aliphatic rings. The molecule has 5 nitrogen and oxygen atoms in total. The summed E-state index contributed by atoms with van der Waals surface area (Å²) in [6, 6.07) is -0.339. The number of carbonyl (C=O) groups is 2. The average Bonchev–Trinajstić information content (AvgIpc) is 3.18. The summed E-state index contributed by atoms with van der Waals surface area (Å²) in [5.74, 6) is -0.235. The van der Waals surface area contributed by atoms with Crippen LogP contribution < -0.4 is 10.6 Å². The molecule has 2 atom stereocenters. The quantitative estimate of drug-likeness (QED) is 0.724. The predicted octanol–water partition coefficient (Wildman–Crippen LogP) is 2.37. The summed E-state index contributed by atoms with van der Waals surface area (Å²) >= 11 is 0. The Bertz CT molecular complexity index is 369. The molecule has 5 heteroatoms. The van der Waals surface area contributed by atoms with E-state index in [0.717, 1.165) is 31.6 Å². The molecule has 2 unspecified atom stereocenters. The van der Waals surface area contributed by atoms with Crippen LogP contribution >= 0.6 is 0 Å². The van der Waals surface area contributed by atoms with Crippen LogP contribution in [0.3, 0.4) is 0 Å². The summed E-state index contributed by atoms with van der Waals surface area (Å²) in [5.41, 5.74) is -1.12. The summed E-state index contributed by atoms with van der Waals surface area (Å²) in [5, 5.41) is 15.2. The van der Waals surface area contributed by atoms with Gasteiger partial charge in [-0.1, -0.05) is 33.1 Å². The highest BCUT2D eigenvalue weighted by atomic mass is 16.4. The lowest BCUT2D eigenvalue weighted by atomic mass is 9.67. The van der Waals surface area contributed by atoms with E-state index in [9.17, 15) is 14.7 Å². The van der Waals surface area contributed by atoms with Crippen molar-refractivity contribution in [3.05, 3.63) is 0 Å². The summed E-state index contributed by atoms with van der Waals surface area (Å²) in [6.45, 7) is 4.48. The SMILES string of the molecule is CC1CCCC(C)C1(NC(=O)NCCC1CC1)C(=O)O. The number of carboxylic acid groups (broad SMARTS) is 1. The van der Waals surface area contributed by atoms with Gasteiger partial charge in [0.25, 0.3) is 0 Å². The number of amides is 2. The lowest BCUT2D eigenvalue weighted by molar-refractivity contribution is -0.151. The molecule has 2 saturated carbocycles.